The molecule has 1 aliphatic rings. The van der Waals surface area contributed by atoms with Crippen molar-refractivity contribution in [1.82, 2.24) is 9.88 Å². The van der Waals surface area contributed by atoms with E-state index >= 15 is 0 Å². The molecule has 0 radical (unpaired) electrons. The number of nitrogens with zero attached hydrogens (tertiary/aromatic N) is 2. The molecular formula is C21H17F3N2O3S. The summed E-state index contributed by atoms with van der Waals surface area (Å²) >= 11 is 1.13. The molecule has 3 aromatic rings. The van der Waals surface area contributed by atoms with E-state index in [1.54, 1.807) is 24.6 Å². The van der Waals surface area contributed by atoms with Gasteiger partial charge >= 0.3 is 6.18 Å². The van der Waals surface area contributed by atoms with Crippen LogP contribution in [0, 0.1) is 0 Å². The zero-order valence-corrected chi connectivity index (χ0v) is 16.7. The number of carbonyl (C=O) groups excluding carboxylic acids is 1. The van der Waals surface area contributed by atoms with E-state index < -0.39 is 11.7 Å². The second kappa shape index (κ2) is 7.98. The highest BCUT2D eigenvalue weighted by Crippen LogP contribution is 2.34. The van der Waals surface area contributed by atoms with Crippen molar-refractivity contribution in [2.45, 2.75) is 12.7 Å². The lowest BCUT2D eigenvalue weighted by Gasteiger charge is -2.21. The monoisotopic (exact) mass is 434 g/mol. The molecule has 156 valence electrons. The predicted octanol–water partition coefficient (Wildman–Crippen LogP) is 4.87. The van der Waals surface area contributed by atoms with Crippen molar-refractivity contribution in [2.75, 3.05) is 20.3 Å². The predicted molar refractivity (Wildman–Crippen MR) is 106 cm³/mol. The number of hydrogen-bond acceptors (Lipinski definition) is 5. The third kappa shape index (κ3) is 4.25. The van der Waals surface area contributed by atoms with Gasteiger partial charge in [-0.3, -0.25) is 4.79 Å². The van der Waals surface area contributed by atoms with Gasteiger partial charge in [0.2, 0.25) is 0 Å². The van der Waals surface area contributed by atoms with Crippen molar-refractivity contribution >= 4 is 17.2 Å². The van der Waals surface area contributed by atoms with Gasteiger partial charge in [0, 0.05) is 24.5 Å². The van der Waals surface area contributed by atoms with Gasteiger partial charge in [-0.15, -0.1) is 11.3 Å². The minimum atomic E-state index is -4.43. The maximum absolute atomic E-state index is 12.9. The lowest BCUT2D eigenvalue weighted by Crippen LogP contribution is -2.26. The fourth-order valence-electron chi connectivity index (χ4n) is 3.06. The van der Waals surface area contributed by atoms with E-state index in [4.69, 9.17) is 9.47 Å². The maximum Gasteiger partial charge on any atom is 0.416 e. The van der Waals surface area contributed by atoms with Gasteiger partial charge in [-0.1, -0.05) is 18.2 Å². The molecule has 1 amide bonds. The van der Waals surface area contributed by atoms with Gasteiger partial charge in [-0.2, -0.15) is 13.2 Å². The Morgan fingerprint density at radius 1 is 1.13 bits per heavy atom. The molecule has 1 aromatic heterocycles. The average Bonchev–Trinajstić information content (AvgIpc) is 3.23. The SMILES string of the molecule is CN(Cc1ccc2c(c1)OCCO2)C(=O)c1csc(-c2cccc(C(F)(F)F)c2)n1. The first-order chi connectivity index (χ1) is 14.3. The van der Waals surface area contributed by atoms with E-state index in [1.807, 2.05) is 12.1 Å². The van der Waals surface area contributed by atoms with Crippen LogP contribution >= 0.6 is 11.3 Å². The molecule has 5 nitrogen and oxygen atoms in total. The second-order valence-electron chi connectivity index (χ2n) is 6.76. The minimum absolute atomic E-state index is 0.187. The first-order valence-corrected chi connectivity index (χ1v) is 9.96. The molecule has 0 aliphatic carbocycles. The van der Waals surface area contributed by atoms with Gasteiger partial charge in [0.1, 0.15) is 23.9 Å². The Hall–Kier alpha value is -3.07. The molecule has 0 bridgehead atoms. The summed E-state index contributed by atoms with van der Waals surface area (Å²) < 4.78 is 49.9. The number of benzene rings is 2. The number of thiazole rings is 1. The largest absolute Gasteiger partial charge is 0.486 e. The third-order valence-corrected chi connectivity index (χ3v) is 5.42. The zero-order chi connectivity index (χ0) is 21.3. The molecule has 0 saturated carbocycles. The summed E-state index contributed by atoms with van der Waals surface area (Å²) in [7, 11) is 1.64. The van der Waals surface area contributed by atoms with E-state index in [1.165, 1.54) is 11.0 Å². The van der Waals surface area contributed by atoms with Crippen LogP contribution in [-0.4, -0.2) is 36.1 Å². The summed E-state index contributed by atoms with van der Waals surface area (Å²) in [6, 6.07) is 10.4. The Morgan fingerprint density at radius 2 is 1.90 bits per heavy atom. The zero-order valence-electron chi connectivity index (χ0n) is 15.9. The second-order valence-corrected chi connectivity index (χ2v) is 7.61. The van der Waals surface area contributed by atoms with Crippen LogP contribution in [0.5, 0.6) is 11.5 Å². The summed E-state index contributed by atoms with van der Waals surface area (Å²) in [5, 5.41) is 1.91. The first kappa shape index (κ1) is 20.2. The normalized spacial score (nSPS) is 13.2. The summed E-state index contributed by atoms with van der Waals surface area (Å²) in [5.41, 5.74) is 0.623. The van der Waals surface area contributed by atoms with Crippen LogP contribution in [-0.2, 0) is 12.7 Å². The fraction of sp³-hybridized carbons (Fsp3) is 0.238. The number of carbonyl (C=O) groups is 1. The van der Waals surface area contributed by atoms with Crippen molar-refractivity contribution in [3.63, 3.8) is 0 Å². The van der Waals surface area contributed by atoms with E-state index in [-0.39, 0.29) is 11.6 Å². The number of aromatic nitrogens is 1. The number of rotatable bonds is 4. The Morgan fingerprint density at radius 3 is 2.67 bits per heavy atom. The molecular weight excluding hydrogens is 417 g/mol. The van der Waals surface area contributed by atoms with Crippen molar-refractivity contribution in [2.24, 2.45) is 0 Å². The average molecular weight is 434 g/mol. The highest BCUT2D eigenvalue weighted by atomic mass is 32.1. The highest BCUT2D eigenvalue weighted by molar-refractivity contribution is 7.13. The van der Waals surface area contributed by atoms with Crippen molar-refractivity contribution in [3.05, 3.63) is 64.7 Å². The molecule has 0 fully saturated rings. The summed E-state index contributed by atoms with van der Waals surface area (Å²) in [6.07, 6.45) is -4.43. The van der Waals surface area contributed by atoms with Crippen molar-refractivity contribution < 1.29 is 27.4 Å². The van der Waals surface area contributed by atoms with Crippen LogP contribution in [0.1, 0.15) is 21.6 Å². The molecule has 0 saturated heterocycles. The molecule has 9 heteroatoms. The lowest BCUT2D eigenvalue weighted by molar-refractivity contribution is -0.137. The van der Waals surface area contributed by atoms with Crippen LogP contribution in [0.4, 0.5) is 13.2 Å². The molecule has 0 N–H and O–H groups in total. The van der Waals surface area contributed by atoms with Crippen LogP contribution < -0.4 is 9.47 Å². The number of halogens is 3. The Balaban J connectivity index is 1.49. The topological polar surface area (TPSA) is 51.7 Å². The summed E-state index contributed by atoms with van der Waals surface area (Å²) in [6.45, 7) is 1.30. The van der Waals surface area contributed by atoms with Gasteiger partial charge < -0.3 is 14.4 Å². The van der Waals surface area contributed by atoms with Gasteiger partial charge in [0.25, 0.3) is 5.91 Å². The third-order valence-electron chi connectivity index (χ3n) is 4.53. The van der Waals surface area contributed by atoms with Crippen LogP contribution in [0.2, 0.25) is 0 Å². The molecule has 30 heavy (non-hydrogen) atoms. The van der Waals surface area contributed by atoms with Gasteiger partial charge in [-0.05, 0) is 29.8 Å². The van der Waals surface area contributed by atoms with Crippen LogP contribution in [0.15, 0.2) is 47.8 Å². The molecule has 2 heterocycles. The molecule has 0 atom stereocenters. The van der Waals surface area contributed by atoms with E-state index in [0.29, 0.717) is 41.8 Å². The molecule has 0 spiro atoms. The Labute approximate surface area is 174 Å². The lowest BCUT2D eigenvalue weighted by atomic mass is 10.1. The summed E-state index contributed by atoms with van der Waals surface area (Å²) in [4.78, 5) is 18.5. The summed E-state index contributed by atoms with van der Waals surface area (Å²) in [5.74, 6) is 0.990. The first-order valence-electron chi connectivity index (χ1n) is 9.08. The molecule has 4 rings (SSSR count). The number of fused-ring (bicyclic) bond motifs is 1. The number of alkyl halides is 3. The van der Waals surface area contributed by atoms with Crippen molar-refractivity contribution in [1.29, 1.82) is 0 Å². The van der Waals surface area contributed by atoms with Gasteiger partial charge in [0.05, 0.1) is 5.56 Å². The maximum atomic E-state index is 12.9. The molecule has 2 aromatic carbocycles. The standard InChI is InChI=1S/C21H17F3N2O3S/c1-26(11-13-5-6-17-18(9-13)29-8-7-28-17)20(27)16-12-30-19(25-16)14-3-2-4-15(10-14)21(22,23)24/h2-6,9-10,12H,7-8,11H2,1H3. The number of hydrogen-bond donors (Lipinski definition) is 0. The Bertz CT molecular complexity index is 1080. The number of ether oxygens (including phenoxy) is 2. The van der Waals surface area contributed by atoms with E-state index in [0.717, 1.165) is 29.0 Å². The van der Waals surface area contributed by atoms with E-state index in [2.05, 4.69) is 4.98 Å². The highest BCUT2D eigenvalue weighted by Gasteiger charge is 2.30. The molecule has 1 aliphatic heterocycles. The van der Waals surface area contributed by atoms with Gasteiger partial charge in [-0.25, -0.2) is 4.98 Å². The number of amides is 1. The quantitative estimate of drug-likeness (QED) is 0.588. The minimum Gasteiger partial charge on any atom is -0.486 e. The van der Waals surface area contributed by atoms with E-state index in [9.17, 15) is 18.0 Å². The smallest absolute Gasteiger partial charge is 0.416 e. The van der Waals surface area contributed by atoms with Crippen LogP contribution in [0.3, 0.4) is 0 Å². The molecule has 0 unspecified atom stereocenters. The van der Waals surface area contributed by atoms with Crippen LogP contribution in [0.25, 0.3) is 10.6 Å². The van der Waals surface area contributed by atoms with Crippen molar-refractivity contribution in [3.8, 4) is 22.1 Å². The van der Waals surface area contributed by atoms with Gasteiger partial charge in [0.15, 0.2) is 11.5 Å². The fourth-order valence-corrected chi connectivity index (χ4v) is 3.85. The Kier molecular flexibility index (Phi) is 5.38.